The summed E-state index contributed by atoms with van der Waals surface area (Å²) in [7, 11) is 0. The quantitative estimate of drug-likeness (QED) is 0.687. The van der Waals surface area contributed by atoms with Gasteiger partial charge < -0.3 is 5.32 Å². The normalized spacial score (nSPS) is 16.0. The van der Waals surface area contributed by atoms with Crippen molar-refractivity contribution in [2.24, 2.45) is 0 Å². The van der Waals surface area contributed by atoms with Gasteiger partial charge in [0.1, 0.15) is 0 Å². The van der Waals surface area contributed by atoms with Gasteiger partial charge in [0, 0.05) is 16.6 Å². The molecule has 1 N–H and O–H groups in total. The number of rotatable bonds is 3. The van der Waals surface area contributed by atoms with Gasteiger partial charge in [-0.1, -0.05) is 17.7 Å². The summed E-state index contributed by atoms with van der Waals surface area (Å²) in [6.07, 6.45) is 0.607. The fourth-order valence-corrected chi connectivity index (χ4v) is 3.73. The molecule has 1 atom stereocenters. The van der Waals surface area contributed by atoms with Crippen LogP contribution in [0.15, 0.2) is 41.3 Å². The lowest BCUT2D eigenvalue weighted by atomic mass is 10.1. The van der Waals surface area contributed by atoms with Crippen LogP contribution < -0.4 is 5.32 Å². The number of hydrogen-bond donors (Lipinski definition) is 1. The van der Waals surface area contributed by atoms with E-state index in [-0.39, 0.29) is 16.8 Å². The highest BCUT2D eigenvalue weighted by Crippen LogP contribution is 2.38. The molecule has 2 aromatic rings. The molecule has 0 bridgehead atoms. The van der Waals surface area contributed by atoms with Crippen molar-refractivity contribution in [1.82, 2.24) is 0 Å². The van der Waals surface area contributed by atoms with Crippen molar-refractivity contribution < 1.29 is 14.1 Å². The van der Waals surface area contributed by atoms with Crippen LogP contribution >= 0.6 is 11.8 Å². The molecule has 118 valence electrons. The minimum Gasteiger partial charge on any atom is -0.325 e. The molecule has 1 aliphatic heterocycles. The van der Waals surface area contributed by atoms with Crippen molar-refractivity contribution in [3.8, 4) is 0 Å². The zero-order chi connectivity index (χ0) is 16.6. The van der Waals surface area contributed by atoms with Gasteiger partial charge in [0.2, 0.25) is 11.7 Å². The molecule has 7 heteroatoms. The van der Waals surface area contributed by atoms with Gasteiger partial charge in [0.05, 0.1) is 10.2 Å². The highest BCUT2D eigenvalue weighted by Gasteiger charge is 2.28. The van der Waals surface area contributed by atoms with Crippen molar-refractivity contribution in [2.45, 2.75) is 23.5 Å². The van der Waals surface area contributed by atoms with E-state index < -0.39 is 16.4 Å². The van der Waals surface area contributed by atoms with Crippen LogP contribution in [0.25, 0.3) is 0 Å². The predicted molar refractivity (Wildman–Crippen MR) is 86.2 cm³/mol. The summed E-state index contributed by atoms with van der Waals surface area (Å²) in [5.74, 6) is -1.17. The average molecular weight is 332 g/mol. The molecule has 0 radical (unpaired) electrons. The van der Waals surface area contributed by atoms with E-state index in [1.165, 1.54) is 17.8 Å². The van der Waals surface area contributed by atoms with Crippen LogP contribution in [0.5, 0.6) is 0 Å². The van der Waals surface area contributed by atoms with Gasteiger partial charge in [-0.2, -0.15) is 4.39 Å². The maximum absolute atomic E-state index is 13.3. The topological polar surface area (TPSA) is 72.2 Å². The van der Waals surface area contributed by atoms with E-state index in [0.717, 1.165) is 28.2 Å². The first-order valence-corrected chi connectivity index (χ1v) is 7.83. The van der Waals surface area contributed by atoms with E-state index in [9.17, 15) is 19.3 Å². The Labute approximate surface area is 136 Å². The smallest absolute Gasteiger partial charge is 0.306 e. The Morgan fingerprint density at radius 2 is 2.13 bits per heavy atom. The summed E-state index contributed by atoms with van der Waals surface area (Å²) in [6.45, 7) is 1.99. The minimum atomic E-state index is -0.925. The number of nitro benzene ring substituents is 1. The lowest BCUT2D eigenvalue weighted by Crippen LogP contribution is -2.24. The molecule has 23 heavy (non-hydrogen) atoms. The second-order valence-corrected chi connectivity index (χ2v) is 6.58. The molecule has 0 aliphatic carbocycles. The van der Waals surface area contributed by atoms with E-state index in [4.69, 9.17) is 0 Å². The number of benzene rings is 2. The highest BCUT2D eigenvalue weighted by atomic mass is 32.2. The largest absolute Gasteiger partial charge is 0.325 e. The number of nitrogens with one attached hydrogen (secondary N) is 1. The number of nitro groups is 1. The molecule has 0 aromatic heterocycles. The molecular formula is C16H13FN2O3S. The van der Waals surface area contributed by atoms with Crippen LogP contribution in [0.1, 0.15) is 11.1 Å². The van der Waals surface area contributed by atoms with Crippen molar-refractivity contribution in [3.05, 3.63) is 63.5 Å². The third-order valence-corrected chi connectivity index (χ3v) is 4.90. The van der Waals surface area contributed by atoms with Crippen LogP contribution in [0, 0.1) is 22.9 Å². The van der Waals surface area contributed by atoms with E-state index in [1.807, 2.05) is 25.1 Å². The zero-order valence-electron chi connectivity index (χ0n) is 12.2. The first-order chi connectivity index (χ1) is 10.9. The number of hydrogen-bond acceptors (Lipinski definition) is 4. The molecule has 5 nitrogen and oxygen atoms in total. The van der Waals surface area contributed by atoms with Crippen molar-refractivity contribution in [3.63, 3.8) is 0 Å². The first kappa shape index (κ1) is 15.5. The predicted octanol–water partition coefficient (Wildman–Crippen LogP) is 3.70. The number of aryl methyl sites for hydroxylation is 1. The number of thioether (sulfide) groups is 1. The molecule has 0 fully saturated rings. The van der Waals surface area contributed by atoms with E-state index in [0.29, 0.717) is 6.42 Å². The number of nitrogens with zero attached hydrogens (tertiary/aromatic N) is 1. The van der Waals surface area contributed by atoms with Gasteiger partial charge in [-0.25, -0.2) is 0 Å². The first-order valence-electron chi connectivity index (χ1n) is 6.95. The van der Waals surface area contributed by atoms with Gasteiger partial charge in [-0.3, -0.25) is 14.9 Å². The van der Waals surface area contributed by atoms with Gasteiger partial charge in [0.25, 0.3) is 0 Å². The Kier molecular flexibility index (Phi) is 4.04. The van der Waals surface area contributed by atoms with Crippen LogP contribution in [0.3, 0.4) is 0 Å². The molecule has 0 saturated heterocycles. The second-order valence-electron chi connectivity index (χ2n) is 5.33. The Morgan fingerprint density at radius 3 is 2.87 bits per heavy atom. The Morgan fingerprint density at radius 1 is 1.35 bits per heavy atom. The molecule has 1 amide bonds. The minimum absolute atomic E-state index is 0.218. The fourth-order valence-electron chi connectivity index (χ4n) is 2.43. The maximum Gasteiger partial charge on any atom is 0.306 e. The number of anilines is 1. The Hall–Kier alpha value is -2.41. The van der Waals surface area contributed by atoms with E-state index in [2.05, 4.69) is 5.32 Å². The molecule has 1 aliphatic rings. The number of fused-ring (bicyclic) bond motifs is 1. The standard InChI is InChI=1S/C16H13FN2O3S/c1-9-2-3-10-7-15(23-14(10)6-9)16(20)18-11-4-5-12(17)13(8-11)19(21)22/h2-6,8,15H,7H2,1H3,(H,18,20). The number of carbonyl (C=O) groups is 1. The average Bonchev–Trinajstić information content (AvgIpc) is 2.92. The summed E-state index contributed by atoms with van der Waals surface area (Å²) in [6, 6.07) is 9.38. The number of carbonyl (C=O) groups excluding carboxylic acids is 1. The summed E-state index contributed by atoms with van der Waals surface area (Å²) >= 11 is 1.47. The van der Waals surface area contributed by atoms with Gasteiger partial charge in [-0.15, -0.1) is 11.8 Å². The molecule has 3 rings (SSSR count). The van der Waals surface area contributed by atoms with Gasteiger partial charge in [-0.05, 0) is 37.1 Å². The van der Waals surface area contributed by atoms with Crippen LogP contribution in [0.2, 0.25) is 0 Å². The highest BCUT2D eigenvalue weighted by molar-refractivity contribution is 8.01. The third kappa shape index (κ3) is 3.19. The van der Waals surface area contributed by atoms with Crippen molar-refractivity contribution in [2.75, 3.05) is 5.32 Å². The zero-order valence-corrected chi connectivity index (χ0v) is 13.0. The lowest BCUT2D eigenvalue weighted by molar-refractivity contribution is -0.387. The second kappa shape index (κ2) is 6.00. The molecular weight excluding hydrogens is 319 g/mol. The van der Waals surface area contributed by atoms with Crippen LogP contribution in [-0.4, -0.2) is 16.1 Å². The number of halogens is 1. The summed E-state index contributed by atoms with van der Waals surface area (Å²) in [4.78, 5) is 23.4. The molecule has 0 spiro atoms. The Bertz CT molecular complexity index is 810. The lowest BCUT2D eigenvalue weighted by Gasteiger charge is -2.10. The molecule has 0 saturated carbocycles. The Balaban J connectivity index is 1.74. The van der Waals surface area contributed by atoms with E-state index >= 15 is 0 Å². The maximum atomic E-state index is 13.3. The summed E-state index contributed by atoms with van der Waals surface area (Å²) in [5.41, 5.74) is 1.81. The SMILES string of the molecule is Cc1ccc2c(c1)SC(C(=O)Nc1ccc(F)c([N+](=O)[O-])c1)C2. The third-order valence-electron chi connectivity index (χ3n) is 3.60. The van der Waals surface area contributed by atoms with E-state index in [1.54, 1.807) is 0 Å². The van der Waals surface area contributed by atoms with Gasteiger partial charge in [0.15, 0.2) is 0 Å². The van der Waals surface area contributed by atoms with Crippen LogP contribution in [-0.2, 0) is 11.2 Å². The van der Waals surface area contributed by atoms with Crippen molar-refractivity contribution in [1.29, 1.82) is 0 Å². The molecule has 1 unspecified atom stereocenters. The van der Waals surface area contributed by atoms with Gasteiger partial charge >= 0.3 is 5.69 Å². The monoisotopic (exact) mass is 332 g/mol. The summed E-state index contributed by atoms with van der Waals surface area (Å²) < 4.78 is 13.3. The van der Waals surface area contributed by atoms with Crippen molar-refractivity contribution >= 4 is 29.0 Å². The number of amides is 1. The fraction of sp³-hybridized carbons (Fsp3) is 0.188. The van der Waals surface area contributed by atoms with Crippen LogP contribution in [0.4, 0.5) is 15.8 Å². The molecule has 2 aromatic carbocycles. The summed E-state index contributed by atoms with van der Waals surface area (Å²) in [5, 5.41) is 13.1. The molecule has 1 heterocycles.